The lowest BCUT2D eigenvalue weighted by Crippen LogP contribution is -2.30. The maximum Gasteiger partial charge on any atom is 0.227 e. The van der Waals surface area contributed by atoms with Crippen LogP contribution in [0.5, 0.6) is 0 Å². The summed E-state index contributed by atoms with van der Waals surface area (Å²) in [6, 6.07) is 59.7. The highest BCUT2D eigenvalue weighted by Crippen LogP contribution is 2.57. The molecule has 4 heterocycles. The summed E-state index contributed by atoms with van der Waals surface area (Å²) in [7, 11) is 0. The van der Waals surface area contributed by atoms with E-state index in [2.05, 4.69) is 145 Å². The lowest BCUT2D eigenvalue weighted by Gasteiger charge is -2.42. The number of para-hydroxylation sites is 8. The molecule has 2 aromatic heterocycles. The fraction of sp³-hybridized carbons (Fsp3) is 0.0588. The number of nitrogens with zero attached hydrogens (tertiary/aromatic N) is 4. The summed E-state index contributed by atoms with van der Waals surface area (Å²) in [5, 5.41) is 2.07. The topological polar surface area (TPSA) is 58.5 Å². The van der Waals surface area contributed by atoms with E-state index in [9.17, 15) is 0 Å². The van der Waals surface area contributed by atoms with E-state index in [1.807, 2.05) is 48.5 Å². The molecule has 12 rings (SSSR count). The van der Waals surface area contributed by atoms with Gasteiger partial charge in [-0.3, -0.25) is 0 Å². The second-order valence-electron chi connectivity index (χ2n) is 15.4. The Morgan fingerprint density at radius 1 is 0.431 bits per heavy atom. The van der Waals surface area contributed by atoms with Crippen molar-refractivity contribution >= 4 is 78.9 Å². The van der Waals surface area contributed by atoms with E-state index in [0.29, 0.717) is 11.8 Å². The fourth-order valence-corrected chi connectivity index (χ4v) is 9.98. The SMILES string of the molecule is CC1(C)c2ccccc2N(c2cc(-c3nc4ccccc4o3)cc3c(N4c5ccccc5Sc5ccccc54)cc(-c4nc5ccccc5o4)cc23)c2ccccc21. The first-order chi connectivity index (χ1) is 28.5. The molecule has 0 saturated heterocycles. The second kappa shape index (κ2) is 12.5. The Morgan fingerprint density at radius 2 is 0.828 bits per heavy atom. The minimum Gasteiger partial charge on any atom is -0.436 e. The van der Waals surface area contributed by atoms with Gasteiger partial charge in [0.1, 0.15) is 11.0 Å². The van der Waals surface area contributed by atoms with Crippen molar-refractivity contribution in [1.82, 2.24) is 9.97 Å². The number of aromatic nitrogens is 2. The molecule has 7 heteroatoms. The standard InChI is InChI=1S/C51H34N4O2S/c1-51(2)35-15-3-7-19-39(35)54(40-20-8-4-16-36(40)51)43-29-31(49-52-37-17-5-11-23-45(37)56-49)28-34-33(43)27-32(50-53-38-18-6-12-24-46(38)57-50)30-44(34)55-41-21-9-13-25-47(41)58-48-26-14-10-22-42(48)55/h3-30H,1-2H3. The van der Waals surface area contributed by atoms with Crippen LogP contribution < -0.4 is 9.80 Å². The highest BCUT2D eigenvalue weighted by Gasteiger charge is 2.38. The first kappa shape index (κ1) is 33.1. The van der Waals surface area contributed by atoms with E-state index in [-0.39, 0.29) is 5.41 Å². The normalized spacial score (nSPS) is 14.0. The number of hydrogen-bond acceptors (Lipinski definition) is 7. The van der Waals surface area contributed by atoms with Gasteiger partial charge in [0.05, 0.1) is 34.1 Å². The van der Waals surface area contributed by atoms with E-state index >= 15 is 0 Å². The first-order valence-electron chi connectivity index (χ1n) is 19.5. The summed E-state index contributed by atoms with van der Waals surface area (Å²) in [5.41, 5.74) is 13.6. The van der Waals surface area contributed by atoms with E-state index in [1.54, 1.807) is 11.8 Å². The number of oxazole rings is 2. The van der Waals surface area contributed by atoms with Gasteiger partial charge in [0.25, 0.3) is 0 Å². The fourth-order valence-electron chi connectivity index (χ4n) is 8.92. The van der Waals surface area contributed by atoms with Crippen molar-refractivity contribution in [1.29, 1.82) is 0 Å². The van der Waals surface area contributed by atoms with E-state index in [1.165, 1.54) is 20.9 Å². The molecular weight excluding hydrogens is 733 g/mol. The van der Waals surface area contributed by atoms with Gasteiger partial charge in [-0.1, -0.05) is 111 Å². The molecule has 0 bridgehead atoms. The first-order valence-corrected chi connectivity index (χ1v) is 20.3. The Balaban J connectivity index is 1.24. The summed E-state index contributed by atoms with van der Waals surface area (Å²) in [4.78, 5) is 17.3. The molecule has 0 aliphatic carbocycles. The van der Waals surface area contributed by atoms with Gasteiger partial charge in [0.15, 0.2) is 11.2 Å². The van der Waals surface area contributed by atoms with E-state index in [4.69, 9.17) is 18.8 Å². The Labute approximate surface area is 339 Å². The molecule has 10 aromatic rings. The van der Waals surface area contributed by atoms with Crippen LogP contribution in [0.3, 0.4) is 0 Å². The molecule has 0 saturated carbocycles. The minimum atomic E-state index is -0.231. The van der Waals surface area contributed by atoms with Crippen LogP contribution in [0.1, 0.15) is 25.0 Å². The van der Waals surface area contributed by atoms with Crippen LogP contribution in [0.15, 0.2) is 188 Å². The summed E-state index contributed by atoms with van der Waals surface area (Å²) in [6.45, 7) is 4.64. The number of hydrogen-bond donors (Lipinski definition) is 0. The monoisotopic (exact) mass is 766 g/mol. The largest absolute Gasteiger partial charge is 0.436 e. The molecule has 2 aliphatic heterocycles. The second-order valence-corrected chi connectivity index (χ2v) is 16.5. The van der Waals surface area contributed by atoms with Crippen LogP contribution in [0, 0.1) is 0 Å². The summed E-state index contributed by atoms with van der Waals surface area (Å²) in [6.07, 6.45) is 0. The summed E-state index contributed by atoms with van der Waals surface area (Å²) >= 11 is 1.80. The van der Waals surface area contributed by atoms with Crippen LogP contribution in [-0.2, 0) is 5.41 Å². The average molecular weight is 767 g/mol. The predicted molar refractivity (Wildman–Crippen MR) is 236 cm³/mol. The van der Waals surface area contributed by atoms with Gasteiger partial charge >= 0.3 is 0 Å². The zero-order valence-electron chi connectivity index (χ0n) is 31.7. The van der Waals surface area contributed by atoms with Crippen LogP contribution in [0.2, 0.25) is 0 Å². The van der Waals surface area contributed by atoms with Crippen molar-refractivity contribution in [3.63, 3.8) is 0 Å². The van der Waals surface area contributed by atoms with Crippen molar-refractivity contribution in [2.75, 3.05) is 9.80 Å². The van der Waals surface area contributed by atoms with Crippen molar-refractivity contribution in [3.8, 4) is 22.9 Å². The lowest BCUT2D eigenvalue weighted by atomic mass is 9.73. The minimum absolute atomic E-state index is 0.231. The highest BCUT2D eigenvalue weighted by atomic mass is 32.2. The summed E-state index contributed by atoms with van der Waals surface area (Å²) in [5.74, 6) is 1.12. The maximum atomic E-state index is 6.57. The third-order valence-corrected chi connectivity index (χ3v) is 12.8. The van der Waals surface area contributed by atoms with Gasteiger partial charge in [-0.05, 0) is 96.1 Å². The molecule has 0 radical (unpaired) electrons. The van der Waals surface area contributed by atoms with Crippen molar-refractivity contribution in [2.45, 2.75) is 29.1 Å². The molecule has 58 heavy (non-hydrogen) atoms. The van der Waals surface area contributed by atoms with Gasteiger partial charge in [-0.15, -0.1) is 0 Å². The third kappa shape index (κ3) is 4.93. The summed E-state index contributed by atoms with van der Waals surface area (Å²) < 4.78 is 13.1. The molecule has 8 aromatic carbocycles. The van der Waals surface area contributed by atoms with Gasteiger partial charge in [-0.2, -0.15) is 0 Å². The van der Waals surface area contributed by atoms with Crippen molar-refractivity contribution < 1.29 is 8.83 Å². The number of fused-ring (bicyclic) bond motifs is 7. The van der Waals surface area contributed by atoms with Gasteiger partial charge in [-0.25, -0.2) is 9.97 Å². The molecule has 6 nitrogen and oxygen atoms in total. The maximum absolute atomic E-state index is 6.57. The van der Waals surface area contributed by atoms with E-state index in [0.717, 1.165) is 78.2 Å². The molecule has 276 valence electrons. The smallest absolute Gasteiger partial charge is 0.227 e. The van der Waals surface area contributed by atoms with Gasteiger partial charge < -0.3 is 18.6 Å². The molecule has 2 aliphatic rings. The molecule has 0 N–H and O–H groups in total. The van der Waals surface area contributed by atoms with Gasteiger partial charge in [0.2, 0.25) is 11.8 Å². The Morgan fingerprint density at radius 3 is 1.31 bits per heavy atom. The van der Waals surface area contributed by atoms with Crippen molar-refractivity contribution in [3.05, 3.63) is 181 Å². The molecule has 0 unspecified atom stereocenters. The average Bonchev–Trinajstić information content (AvgIpc) is 3.91. The van der Waals surface area contributed by atoms with Crippen LogP contribution in [0.4, 0.5) is 34.1 Å². The molecule has 0 atom stereocenters. The molecule has 0 fully saturated rings. The highest BCUT2D eigenvalue weighted by molar-refractivity contribution is 7.99. The van der Waals surface area contributed by atoms with E-state index < -0.39 is 0 Å². The molecule has 0 spiro atoms. The quantitative estimate of drug-likeness (QED) is 0.177. The number of anilines is 6. The van der Waals surface area contributed by atoms with Crippen LogP contribution >= 0.6 is 11.8 Å². The number of benzene rings is 8. The van der Waals surface area contributed by atoms with Crippen molar-refractivity contribution in [2.24, 2.45) is 0 Å². The third-order valence-electron chi connectivity index (χ3n) is 11.7. The lowest BCUT2D eigenvalue weighted by molar-refractivity contribution is 0.619. The van der Waals surface area contributed by atoms with Gasteiger partial charge in [0, 0.05) is 37.1 Å². The van der Waals surface area contributed by atoms with Crippen LogP contribution in [0.25, 0.3) is 55.9 Å². The molecule has 0 amide bonds. The predicted octanol–water partition coefficient (Wildman–Crippen LogP) is 14.5. The zero-order valence-corrected chi connectivity index (χ0v) is 32.5. The zero-order chi connectivity index (χ0) is 38.5. The number of rotatable bonds is 4. The van der Waals surface area contributed by atoms with Crippen LogP contribution in [-0.4, -0.2) is 9.97 Å². The molecular formula is C51H34N4O2S. The Kier molecular flexibility index (Phi) is 7.10. The Bertz CT molecular complexity index is 3130. The Hall–Kier alpha value is -7.09.